The van der Waals surface area contributed by atoms with Gasteiger partial charge in [-0.15, -0.1) is 0 Å². The predicted molar refractivity (Wildman–Crippen MR) is 194 cm³/mol. The second kappa shape index (κ2) is 20.4. The highest BCUT2D eigenvalue weighted by molar-refractivity contribution is 5.78. The van der Waals surface area contributed by atoms with E-state index in [-0.39, 0.29) is 19.8 Å². The van der Waals surface area contributed by atoms with Gasteiger partial charge in [0.05, 0.1) is 52.3 Å². The summed E-state index contributed by atoms with van der Waals surface area (Å²) in [6.45, 7) is 0.360. The van der Waals surface area contributed by atoms with E-state index in [1.807, 2.05) is 91.0 Å². The van der Waals surface area contributed by atoms with E-state index >= 15 is 0 Å². The van der Waals surface area contributed by atoms with Crippen molar-refractivity contribution in [3.05, 3.63) is 108 Å². The molecule has 0 spiro atoms. The number of hydrogen-bond acceptors (Lipinski definition) is 14. The van der Waals surface area contributed by atoms with Crippen molar-refractivity contribution in [3.8, 4) is 0 Å². The molecule has 0 unspecified atom stereocenters. The van der Waals surface area contributed by atoms with Crippen LogP contribution >= 0.6 is 0 Å². The number of carbonyl (C=O) groups excluding carboxylic acids is 2. The van der Waals surface area contributed by atoms with Crippen LogP contribution in [0.15, 0.2) is 91.0 Å². The molecule has 0 radical (unpaired) electrons. The highest BCUT2D eigenvalue weighted by Crippen LogP contribution is 2.37. The minimum Gasteiger partial charge on any atom is -0.465 e. The van der Waals surface area contributed by atoms with E-state index in [0.29, 0.717) is 0 Å². The van der Waals surface area contributed by atoms with Crippen LogP contribution in [0.2, 0.25) is 0 Å². The Balaban J connectivity index is 1.49. The molecule has 2 fully saturated rings. The molecule has 0 aliphatic carbocycles. The zero-order chi connectivity index (χ0) is 39.4. The normalized spacial score (nSPS) is 29.2. The second-order valence-electron chi connectivity index (χ2n) is 13.4. The van der Waals surface area contributed by atoms with Gasteiger partial charge in [-0.25, -0.2) is 4.79 Å². The van der Waals surface area contributed by atoms with Crippen LogP contribution in [0.4, 0.5) is 0 Å². The first-order valence-corrected chi connectivity index (χ1v) is 18.1. The average Bonchev–Trinajstić information content (AvgIpc) is 3.21. The highest BCUT2D eigenvalue weighted by Gasteiger charge is 2.57. The van der Waals surface area contributed by atoms with Crippen LogP contribution < -0.4 is 5.32 Å². The molecule has 2 heterocycles. The maximum absolute atomic E-state index is 13.5. The lowest BCUT2D eigenvalue weighted by molar-refractivity contribution is -0.347. The van der Waals surface area contributed by atoms with Crippen LogP contribution in [0.5, 0.6) is 0 Å². The van der Waals surface area contributed by atoms with Crippen molar-refractivity contribution in [2.75, 3.05) is 27.4 Å². The summed E-state index contributed by atoms with van der Waals surface area (Å²) in [5.74, 6) is -4.05. The average molecular weight is 770 g/mol. The maximum Gasteiger partial charge on any atom is 0.366 e. The summed E-state index contributed by atoms with van der Waals surface area (Å²) < 4.78 is 49.4. The SMILES string of the molecule is COC(=O)[C@]1(OC[C@H]2O[C@@H](OC)[C@H](OCc3ccccc3)[C@@H](OCc3ccccc3)[C@H]2OCc2ccccc2)C[C@H](O)[C@@H](NC(C)=O)[C@H]([C@H](O)[C@H](O)CO)O1. The fourth-order valence-electron chi connectivity index (χ4n) is 6.71. The minimum atomic E-state index is -2.39. The first-order chi connectivity index (χ1) is 26.6. The standard InChI is InChI=1S/C40H51NO14/c1-25(43)41-32-29(44)19-40(39(47)49-3,55-35(32)33(46)30(45)20-42)53-24-31-34(50-21-26-13-7-4-8-14-26)36(51-22-27-15-9-5-10-16-27)37(38(48-2)54-31)52-23-28-17-11-6-12-18-28/h4-18,29-38,42,44-46H,19-24H2,1-3H3,(H,41,43)/t29-,30+,31+,32+,33+,34-,35+,36-,37+,38+,40-/m0/s1. The first-order valence-electron chi connectivity index (χ1n) is 18.1. The molecule has 2 aliphatic rings. The van der Waals surface area contributed by atoms with Crippen molar-refractivity contribution in [3.63, 3.8) is 0 Å². The Labute approximate surface area is 320 Å². The van der Waals surface area contributed by atoms with Crippen LogP contribution in [0.1, 0.15) is 30.0 Å². The third-order valence-electron chi connectivity index (χ3n) is 9.52. The van der Waals surface area contributed by atoms with Gasteiger partial charge in [0.25, 0.3) is 5.79 Å². The van der Waals surface area contributed by atoms with Crippen LogP contribution in [0, 0.1) is 0 Å². The zero-order valence-corrected chi connectivity index (χ0v) is 31.0. The lowest BCUT2D eigenvalue weighted by Crippen LogP contribution is -2.68. The number of amides is 1. The Bertz CT molecular complexity index is 1600. The summed E-state index contributed by atoms with van der Waals surface area (Å²) in [4.78, 5) is 25.6. The number of esters is 1. The number of hydrogen-bond donors (Lipinski definition) is 5. The topological polar surface area (TPSA) is 201 Å². The molecule has 1 amide bonds. The fourth-order valence-corrected chi connectivity index (χ4v) is 6.71. The van der Waals surface area contributed by atoms with Crippen molar-refractivity contribution in [1.82, 2.24) is 5.32 Å². The van der Waals surface area contributed by atoms with Crippen molar-refractivity contribution < 1.29 is 67.9 Å². The molecule has 3 aromatic carbocycles. The Morgan fingerprint density at radius 3 is 1.80 bits per heavy atom. The van der Waals surface area contributed by atoms with E-state index in [1.165, 1.54) is 14.0 Å². The number of aliphatic hydroxyl groups excluding tert-OH is 4. The predicted octanol–water partition coefficient (Wildman–Crippen LogP) is 1.37. The molecule has 5 N–H and O–H groups in total. The third-order valence-corrected chi connectivity index (χ3v) is 9.52. The molecule has 55 heavy (non-hydrogen) atoms. The number of rotatable bonds is 18. The lowest BCUT2D eigenvalue weighted by Gasteiger charge is -2.48. The van der Waals surface area contributed by atoms with Gasteiger partial charge in [-0.1, -0.05) is 91.0 Å². The van der Waals surface area contributed by atoms with Gasteiger partial charge in [-0.3, -0.25) is 4.79 Å². The number of aliphatic hydroxyl groups is 4. The molecule has 15 nitrogen and oxygen atoms in total. The van der Waals surface area contributed by atoms with Gasteiger partial charge in [0.15, 0.2) is 6.29 Å². The first kappa shape index (κ1) is 42.3. The Morgan fingerprint density at radius 2 is 1.33 bits per heavy atom. The van der Waals surface area contributed by atoms with Gasteiger partial charge in [0, 0.05) is 20.5 Å². The molecule has 15 heteroatoms. The highest BCUT2D eigenvalue weighted by atomic mass is 16.8. The molecule has 0 saturated carbocycles. The van der Waals surface area contributed by atoms with Crippen molar-refractivity contribution in [2.45, 2.75) is 100 Å². The summed E-state index contributed by atoms with van der Waals surface area (Å²) >= 11 is 0. The van der Waals surface area contributed by atoms with Crippen LogP contribution in [0.25, 0.3) is 0 Å². The van der Waals surface area contributed by atoms with Crippen LogP contribution in [0.3, 0.4) is 0 Å². The molecule has 0 aromatic heterocycles. The molecule has 5 rings (SSSR count). The van der Waals surface area contributed by atoms with E-state index in [4.69, 9.17) is 37.9 Å². The van der Waals surface area contributed by atoms with Gasteiger partial charge in [0.2, 0.25) is 5.91 Å². The number of ether oxygens (including phenoxy) is 8. The number of nitrogens with one attached hydrogen (secondary N) is 1. The number of carbonyl (C=O) groups is 2. The van der Waals surface area contributed by atoms with E-state index in [1.54, 1.807) is 0 Å². The zero-order valence-electron chi connectivity index (χ0n) is 31.0. The summed E-state index contributed by atoms with van der Waals surface area (Å²) in [5, 5.41) is 44.7. The van der Waals surface area contributed by atoms with Gasteiger partial charge >= 0.3 is 5.97 Å². The van der Waals surface area contributed by atoms with Gasteiger partial charge in [0.1, 0.15) is 42.7 Å². The molecule has 0 bridgehead atoms. The number of benzene rings is 3. The van der Waals surface area contributed by atoms with Crippen molar-refractivity contribution in [2.24, 2.45) is 0 Å². The van der Waals surface area contributed by atoms with Gasteiger partial charge in [-0.05, 0) is 16.7 Å². The van der Waals surface area contributed by atoms with Crippen molar-refractivity contribution in [1.29, 1.82) is 0 Å². The molecular weight excluding hydrogens is 718 g/mol. The second-order valence-corrected chi connectivity index (χ2v) is 13.4. The molecule has 11 atom stereocenters. The number of methoxy groups -OCH3 is 2. The molecule has 3 aromatic rings. The summed E-state index contributed by atoms with van der Waals surface area (Å²) in [7, 11) is 2.54. The third kappa shape index (κ3) is 10.9. The van der Waals surface area contributed by atoms with Crippen LogP contribution in [-0.4, -0.2) is 127 Å². The van der Waals surface area contributed by atoms with Crippen LogP contribution in [-0.2, 0) is 67.3 Å². The Hall–Kier alpha value is -3.84. The maximum atomic E-state index is 13.5. The molecule has 2 aliphatic heterocycles. The van der Waals surface area contributed by atoms with Gasteiger partial charge < -0.3 is 63.6 Å². The fraction of sp³-hybridized carbons (Fsp3) is 0.500. The summed E-state index contributed by atoms with van der Waals surface area (Å²) in [6, 6.07) is 27.2. The summed E-state index contributed by atoms with van der Waals surface area (Å²) in [6.07, 6.45) is -12.1. The quantitative estimate of drug-likeness (QED) is 0.116. The Morgan fingerprint density at radius 1 is 0.818 bits per heavy atom. The lowest BCUT2D eigenvalue weighted by atomic mass is 9.88. The molecule has 2 saturated heterocycles. The van der Waals surface area contributed by atoms with E-state index in [0.717, 1.165) is 23.8 Å². The smallest absolute Gasteiger partial charge is 0.366 e. The summed E-state index contributed by atoms with van der Waals surface area (Å²) in [5.41, 5.74) is 2.64. The monoisotopic (exact) mass is 769 g/mol. The molecule has 300 valence electrons. The van der Waals surface area contributed by atoms with E-state index in [2.05, 4.69) is 5.32 Å². The van der Waals surface area contributed by atoms with E-state index < -0.39 is 98.5 Å². The van der Waals surface area contributed by atoms with E-state index in [9.17, 15) is 30.0 Å². The molecular formula is C40H51NO14. The Kier molecular flexibility index (Phi) is 15.7. The van der Waals surface area contributed by atoms with Crippen molar-refractivity contribution >= 4 is 11.9 Å². The minimum absolute atomic E-state index is 0.128. The largest absolute Gasteiger partial charge is 0.465 e. The van der Waals surface area contributed by atoms with Gasteiger partial charge in [-0.2, -0.15) is 0 Å².